The first-order valence-electron chi connectivity index (χ1n) is 9.28. The van der Waals surface area contributed by atoms with Crippen LogP contribution in [0.4, 0.5) is 5.82 Å². The van der Waals surface area contributed by atoms with Crippen LogP contribution in [0.1, 0.15) is 5.56 Å². The van der Waals surface area contributed by atoms with E-state index >= 15 is 0 Å². The van der Waals surface area contributed by atoms with Crippen LogP contribution in [-0.2, 0) is 6.61 Å². The topological polar surface area (TPSA) is 70.5 Å². The maximum Gasteiger partial charge on any atom is 0.220 e. The molecule has 0 amide bonds. The zero-order chi connectivity index (χ0) is 20.2. The number of piperazine rings is 1. The molecule has 0 atom stereocenters. The average molecular weight is 431 g/mol. The molecule has 1 aromatic carbocycles. The molecule has 0 bridgehead atoms. The second kappa shape index (κ2) is 8.97. The third-order valence-corrected chi connectivity index (χ3v) is 5.02. The van der Waals surface area contributed by atoms with Gasteiger partial charge < -0.3 is 20.1 Å². The molecule has 2 N–H and O–H groups in total. The Morgan fingerprint density at radius 3 is 2.45 bits per heavy atom. The van der Waals surface area contributed by atoms with Crippen molar-refractivity contribution in [3.05, 3.63) is 64.3 Å². The molecule has 1 saturated heterocycles. The number of aromatic nitrogens is 2. The maximum absolute atomic E-state index is 9.63. The van der Waals surface area contributed by atoms with E-state index in [1.165, 1.54) is 0 Å². The highest BCUT2D eigenvalue weighted by molar-refractivity contribution is 6.35. The van der Waals surface area contributed by atoms with Crippen LogP contribution >= 0.6 is 23.2 Å². The van der Waals surface area contributed by atoms with Gasteiger partial charge in [-0.25, -0.2) is 9.97 Å². The fourth-order valence-corrected chi connectivity index (χ4v) is 3.71. The van der Waals surface area contributed by atoms with Crippen LogP contribution in [0.15, 0.2) is 48.7 Å². The zero-order valence-corrected chi connectivity index (χ0v) is 17.1. The normalized spacial score (nSPS) is 14.1. The lowest BCUT2D eigenvalue weighted by Crippen LogP contribution is -2.43. The van der Waals surface area contributed by atoms with Gasteiger partial charge >= 0.3 is 0 Å². The van der Waals surface area contributed by atoms with Crippen LogP contribution in [0, 0.1) is 0 Å². The molecule has 2 aromatic heterocycles. The molecule has 1 aliphatic heterocycles. The van der Waals surface area contributed by atoms with E-state index in [1.807, 2.05) is 12.1 Å². The van der Waals surface area contributed by atoms with Crippen LogP contribution < -0.4 is 15.0 Å². The number of anilines is 1. The number of hydrogen-bond acceptors (Lipinski definition) is 6. The van der Waals surface area contributed by atoms with E-state index < -0.39 is 0 Å². The molecule has 1 fully saturated rings. The van der Waals surface area contributed by atoms with Crippen molar-refractivity contribution in [3.63, 3.8) is 0 Å². The van der Waals surface area contributed by atoms with Gasteiger partial charge in [-0.3, -0.25) is 0 Å². The Kier molecular flexibility index (Phi) is 6.16. The van der Waals surface area contributed by atoms with Gasteiger partial charge in [-0.15, -0.1) is 0 Å². The van der Waals surface area contributed by atoms with Crippen molar-refractivity contribution < 1.29 is 9.84 Å². The molecule has 0 spiro atoms. The lowest BCUT2D eigenvalue weighted by molar-refractivity contribution is 0.281. The first-order valence-corrected chi connectivity index (χ1v) is 10.0. The van der Waals surface area contributed by atoms with Crippen LogP contribution in [0.3, 0.4) is 0 Å². The molecule has 1 aliphatic rings. The van der Waals surface area contributed by atoms with E-state index in [-0.39, 0.29) is 6.61 Å². The summed E-state index contributed by atoms with van der Waals surface area (Å²) in [5.74, 6) is 1.85. The second-order valence-electron chi connectivity index (χ2n) is 6.71. The molecule has 29 heavy (non-hydrogen) atoms. The fraction of sp³-hybridized carbons (Fsp3) is 0.238. The third kappa shape index (κ3) is 4.97. The fourth-order valence-electron chi connectivity index (χ4n) is 3.19. The van der Waals surface area contributed by atoms with Crippen molar-refractivity contribution in [2.75, 3.05) is 31.1 Å². The van der Waals surface area contributed by atoms with Gasteiger partial charge in [0.2, 0.25) is 5.88 Å². The molecule has 0 saturated carbocycles. The van der Waals surface area contributed by atoms with Gasteiger partial charge in [-0.1, -0.05) is 23.2 Å². The van der Waals surface area contributed by atoms with Crippen LogP contribution in [0.5, 0.6) is 11.6 Å². The zero-order valence-electron chi connectivity index (χ0n) is 15.6. The number of halogens is 2. The molecule has 3 aromatic rings. The van der Waals surface area contributed by atoms with Crippen molar-refractivity contribution in [3.8, 4) is 22.9 Å². The summed E-state index contributed by atoms with van der Waals surface area (Å²) in [6, 6.07) is 12.5. The molecule has 4 rings (SSSR count). The van der Waals surface area contributed by atoms with Gasteiger partial charge in [0.15, 0.2) is 0 Å². The summed E-state index contributed by atoms with van der Waals surface area (Å²) in [4.78, 5) is 11.3. The van der Waals surface area contributed by atoms with Gasteiger partial charge in [0.05, 0.1) is 18.5 Å². The summed E-state index contributed by atoms with van der Waals surface area (Å²) in [7, 11) is 0. The first-order chi connectivity index (χ1) is 14.1. The minimum atomic E-state index is -0.139. The van der Waals surface area contributed by atoms with E-state index in [1.54, 1.807) is 36.5 Å². The number of nitrogens with zero attached hydrogens (tertiary/aromatic N) is 3. The summed E-state index contributed by atoms with van der Waals surface area (Å²) in [6.45, 7) is 3.63. The second-order valence-corrected chi connectivity index (χ2v) is 7.58. The molecular formula is C21H20Cl2N4O2. The number of nitrogens with one attached hydrogen (secondary N) is 1. The van der Waals surface area contributed by atoms with Gasteiger partial charge in [0.25, 0.3) is 0 Å². The van der Waals surface area contributed by atoms with Gasteiger partial charge in [-0.2, -0.15) is 0 Å². The lowest BCUT2D eigenvalue weighted by Gasteiger charge is -2.28. The van der Waals surface area contributed by atoms with E-state index in [2.05, 4.69) is 20.2 Å². The van der Waals surface area contributed by atoms with Crippen LogP contribution in [0.25, 0.3) is 11.3 Å². The Hall–Kier alpha value is -2.38. The third-order valence-electron chi connectivity index (χ3n) is 4.59. The standard InChI is InChI=1S/C21H20Cl2N4O2/c22-16-9-15(10-17(23)11-16)19-7-14(13-28)8-21(26-19)29-18-1-2-20(25-12-18)27-5-3-24-4-6-27/h1-2,7-12,24,28H,3-6,13H2. The smallest absolute Gasteiger partial charge is 0.220 e. The van der Waals surface area contributed by atoms with E-state index in [0.29, 0.717) is 32.9 Å². The van der Waals surface area contributed by atoms with Gasteiger partial charge in [-0.05, 0) is 42.0 Å². The van der Waals surface area contributed by atoms with Gasteiger partial charge in [0.1, 0.15) is 11.6 Å². The van der Waals surface area contributed by atoms with Crippen molar-refractivity contribution >= 4 is 29.0 Å². The quantitative estimate of drug-likeness (QED) is 0.633. The average Bonchev–Trinajstić information content (AvgIpc) is 2.74. The molecule has 3 heterocycles. The van der Waals surface area contributed by atoms with Crippen LogP contribution in [0.2, 0.25) is 10.0 Å². The Bertz CT molecular complexity index is 972. The predicted molar refractivity (Wildman–Crippen MR) is 115 cm³/mol. The minimum absolute atomic E-state index is 0.139. The molecule has 0 radical (unpaired) electrons. The predicted octanol–water partition coefficient (Wildman–Crippen LogP) is 4.14. The Labute approximate surface area is 179 Å². The first kappa shape index (κ1) is 19.9. The minimum Gasteiger partial charge on any atom is -0.437 e. The summed E-state index contributed by atoms with van der Waals surface area (Å²) in [5.41, 5.74) is 2.03. The molecule has 6 nitrogen and oxygen atoms in total. The monoisotopic (exact) mass is 430 g/mol. The summed E-state index contributed by atoms with van der Waals surface area (Å²) < 4.78 is 5.90. The molecule has 0 unspecified atom stereocenters. The highest BCUT2D eigenvalue weighted by atomic mass is 35.5. The molecular weight excluding hydrogens is 411 g/mol. The number of aliphatic hydroxyl groups is 1. The van der Waals surface area contributed by atoms with Crippen molar-refractivity contribution in [2.45, 2.75) is 6.61 Å². The van der Waals surface area contributed by atoms with Crippen LogP contribution in [-0.4, -0.2) is 41.3 Å². The highest BCUT2D eigenvalue weighted by Gasteiger charge is 2.12. The molecule has 0 aliphatic carbocycles. The summed E-state index contributed by atoms with van der Waals surface area (Å²) in [5, 5.41) is 14.0. The number of aliphatic hydroxyl groups excluding tert-OH is 1. The van der Waals surface area contributed by atoms with Gasteiger partial charge in [0, 0.05) is 47.9 Å². The van der Waals surface area contributed by atoms with Crippen molar-refractivity contribution in [1.29, 1.82) is 0 Å². The largest absolute Gasteiger partial charge is 0.437 e. The molecule has 8 heteroatoms. The number of rotatable bonds is 5. The van der Waals surface area contributed by atoms with E-state index in [9.17, 15) is 5.11 Å². The Morgan fingerprint density at radius 1 is 1.03 bits per heavy atom. The number of hydrogen-bond donors (Lipinski definition) is 2. The number of benzene rings is 1. The van der Waals surface area contributed by atoms with E-state index in [4.69, 9.17) is 27.9 Å². The van der Waals surface area contributed by atoms with Crippen molar-refractivity contribution in [1.82, 2.24) is 15.3 Å². The Balaban J connectivity index is 1.58. The van der Waals surface area contributed by atoms with Crippen molar-refractivity contribution in [2.24, 2.45) is 0 Å². The highest BCUT2D eigenvalue weighted by Crippen LogP contribution is 2.30. The lowest BCUT2D eigenvalue weighted by atomic mass is 10.1. The molecule has 150 valence electrons. The number of pyridine rings is 2. The van der Waals surface area contributed by atoms with E-state index in [0.717, 1.165) is 37.6 Å². The summed E-state index contributed by atoms with van der Waals surface area (Å²) >= 11 is 12.2. The summed E-state index contributed by atoms with van der Waals surface area (Å²) in [6.07, 6.45) is 1.68. The maximum atomic E-state index is 9.63. The number of ether oxygens (including phenoxy) is 1. The SMILES string of the molecule is OCc1cc(Oc2ccc(N3CCNCC3)nc2)nc(-c2cc(Cl)cc(Cl)c2)c1. The Morgan fingerprint density at radius 2 is 1.79 bits per heavy atom.